The van der Waals surface area contributed by atoms with Crippen LogP contribution in [0.1, 0.15) is 26.2 Å². The maximum atomic E-state index is 10.8. The van der Waals surface area contributed by atoms with E-state index in [9.17, 15) is 10.1 Å². The summed E-state index contributed by atoms with van der Waals surface area (Å²) in [4.78, 5) is 14.5. The maximum absolute atomic E-state index is 10.8. The minimum absolute atomic E-state index is 0.0202. The predicted molar refractivity (Wildman–Crippen MR) is 69.1 cm³/mol. The summed E-state index contributed by atoms with van der Waals surface area (Å²) in [5, 5.41) is 14.0. The van der Waals surface area contributed by atoms with E-state index in [4.69, 9.17) is 5.84 Å². The van der Waals surface area contributed by atoms with E-state index in [1.807, 2.05) is 0 Å². The molecule has 0 bridgehead atoms. The zero-order valence-electron chi connectivity index (χ0n) is 10.2. The second kappa shape index (κ2) is 5.18. The molecule has 0 aromatic carbocycles. The number of nitro groups is 1. The topological polar surface area (TPSA) is 106 Å². The fraction of sp³-hybridized carbons (Fsp3) is 0.545. The molecule has 18 heavy (non-hydrogen) atoms. The minimum atomic E-state index is -0.454. The highest BCUT2D eigenvalue weighted by atomic mass is 16.6. The molecule has 0 amide bonds. The number of nitrogens with one attached hydrogen (secondary N) is 2. The summed E-state index contributed by atoms with van der Waals surface area (Å²) in [5.41, 5.74) is 2.32. The first-order valence-corrected chi connectivity index (χ1v) is 6.03. The molecule has 4 N–H and O–H groups in total. The van der Waals surface area contributed by atoms with Crippen molar-refractivity contribution >= 4 is 17.3 Å². The Labute approximate surface area is 105 Å². The molecular weight excluding hydrogens is 234 g/mol. The van der Waals surface area contributed by atoms with E-state index in [0.717, 1.165) is 12.8 Å². The molecule has 1 fully saturated rings. The van der Waals surface area contributed by atoms with Gasteiger partial charge in [0.15, 0.2) is 0 Å². The monoisotopic (exact) mass is 251 g/mol. The molecule has 0 spiro atoms. The van der Waals surface area contributed by atoms with Crippen molar-refractivity contribution in [3.05, 3.63) is 22.2 Å². The highest BCUT2D eigenvalue weighted by Crippen LogP contribution is 2.37. The Morgan fingerprint density at radius 1 is 1.56 bits per heavy atom. The lowest BCUT2D eigenvalue weighted by molar-refractivity contribution is -0.384. The molecule has 1 aliphatic rings. The number of nitrogen functional groups attached to an aromatic ring is 1. The molecule has 2 rings (SSSR count). The average Bonchev–Trinajstić information content (AvgIpc) is 3.07. The van der Waals surface area contributed by atoms with Gasteiger partial charge in [-0.1, -0.05) is 13.3 Å². The van der Waals surface area contributed by atoms with Gasteiger partial charge in [-0.05, 0) is 18.8 Å². The standard InChI is InChI=1S/C11H17N5O2/c1-2-3-7-4-9(7)13-10-5-8(16(17)18)6-11(14-10)15-12/h5-7,9H,2-4,12H2,1H3,(H2,13,14,15). The van der Waals surface area contributed by atoms with Crippen molar-refractivity contribution in [3.8, 4) is 0 Å². The first kappa shape index (κ1) is 12.6. The van der Waals surface area contributed by atoms with Gasteiger partial charge >= 0.3 is 0 Å². The number of nitrogens with zero attached hydrogens (tertiary/aromatic N) is 2. The van der Waals surface area contributed by atoms with Gasteiger partial charge in [0, 0.05) is 6.04 Å². The third-order valence-electron chi connectivity index (χ3n) is 3.08. The molecule has 1 heterocycles. The van der Waals surface area contributed by atoms with E-state index in [1.54, 1.807) is 0 Å². The molecule has 2 atom stereocenters. The van der Waals surface area contributed by atoms with Crippen molar-refractivity contribution in [1.82, 2.24) is 4.98 Å². The van der Waals surface area contributed by atoms with Gasteiger partial charge in [-0.15, -0.1) is 0 Å². The fourth-order valence-corrected chi connectivity index (χ4v) is 2.07. The van der Waals surface area contributed by atoms with E-state index in [-0.39, 0.29) is 5.69 Å². The molecule has 0 radical (unpaired) electrons. The van der Waals surface area contributed by atoms with Crippen molar-refractivity contribution in [2.24, 2.45) is 11.8 Å². The first-order valence-electron chi connectivity index (χ1n) is 6.03. The molecule has 98 valence electrons. The highest BCUT2D eigenvalue weighted by molar-refractivity contribution is 5.55. The smallest absolute Gasteiger partial charge is 0.276 e. The van der Waals surface area contributed by atoms with Gasteiger partial charge in [0.2, 0.25) is 0 Å². The second-order valence-electron chi connectivity index (χ2n) is 4.53. The van der Waals surface area contributed by atoms with Crippen molar-refractivity contribution in [2.75, 3.05) is 10.7 Å². The van der Waals surface area contributed by atoms with Crippen LogP contribution >= 0.6 is 0 Å². The molecular formula is C11H17N5O2. The van der Waals surface area contributed by atoms with Gasteiger partial charge in [0.1, 0.15) is 11.6 Å². The van der Waals surface area contributed by atoms with Crippen LogP contribution in [-0.4, -0.2) is 15.9 Å². The number of hydrogen-bond donors (Lipinski definition) is 3. The number of nitrogens with two attached hydrogens (primary N) is 1. The summed E-state index contributed by atoms with van der Waals surface area (Å²) in [7, 11) is 0. The fourth-order valence-electron chi connectivity index (χ4n) is 2.07. The summed E-state index contributed by atoms with van der Waals surface area (Å²) in [5.74, 6) is 6.70. The van der Waals surface area contributed by atoms with E-state index in [1.165, 1.54) is 18.6 Å². The number of aromatic nitrogens is 1. The van der Waals surface area contributed by atoms with Crippen LogP contribution in [0.25, 0.3) is 0 Å². The van der Waals surface area contributed by atoms with Crippen LogP contribution in [0.3, 0.4) is 0 Å². The summed E-state index contributed by atoms with van der Waals surface area (Å²) in [6.07, 6.45) is 3.43. The Morgan fingerprint density at radius 2 is 2.28 bits per heavy atom. The first-order chi connectivity index (χ1) is 8.63. The average molecular weight is 251 g/mol. The lowest BCUT2D eigenvalue weighted by Crippen LogP contribution is -2.12. The quantitative estimate of drug-likeness (QED) is 0.405. The normalized spacial score (nSPS) is 21.4. The van der Waals surface area contributed by atoms with Crippen molar-refractivity contribution in [1.29, 1.82) is 0 Å². The molecule has 1 aromatic heterocycles. The number of hydrazine groups is 1. The van der Waals surface area contributed by atoms with Crippen LogP contribution < -0.4 is 16.6 Å². The molecule has 0 saturated heterocycles. The number of anilines is 2. The molecule has 1 aromatic rings. The Bertz CT molecular complexity index is 451. The molecule has 0 aliphatic heterocycles. The number of hydrogen-bond acceptors (Lipinski definition) is 6. The number of pyridine rings is 1. The van der Waals surface area contributed by atoms with Gasteiger partial charge in [-0.2, -0.15) is 0 Å². The zero-order valence-corrected chi connectivity index (χ0v) is 10.2. The minimum Gasteiger partial charge on any atom is -0.367 e. The molecule has 7 nitrogen and oxygen atoms in total. The van der Waals surface area contributed by atoms with Crippen LogP contribution in [0.2, 0.25) is 0 Å². The van der Waals surface area contributed by atoms with Crippen LogP contribution in [0.15, 0.2) is 12.1 Å². The largest absolute Gasteiger partial charge is 0.367 e. The van der Waals surface area contributed by atoms with Gasteiger partial charge in [0.05, 0.1) is 17.1 Å². The molecule has 1 aliphatic carbocycles. The Morgan fingerprint density at radius 3 is 2.89 bits per heavy atom. The lowest BCUT2D eigenvalue weighted by atomic mass is 10.2. The van der Waals surface area contributed by atoms with Crippen molar-refractivity contribution in [2.45, 2.75) is 32.2 Å². The van der Waals surface area contributed by atoms with Crippen LogP contribution in [0.4, 0.5) is 17.3 Å². The van der Waals surface area contributed by atoms with E-state index in [0.29, 0.717) is 23.6 Å². The van der Waals surface area contributed by atoms with Crippen LogP contribution in [-0.2, 0) is 0 Å². The molecule has 2 unspecified atom stereocenters. The SMILES string of the molecule is CCCC1CC1Nc1cc([N+](=O)[O-])cc(NN)n1. The van der Waals surface area contributed by atoms with E-state index in [2.05, 4.69) is 22.7 Å². The maximum Gasteiger partial charge on any atom is 0.276 e. The Balaban J connectivity index is 2.08. The highest BCUT2D eigenvalue weighted by Gasteiger charge is 2.36. The Hall–Kier alpha value is -1.89. The second-order valence-corrected chi connectivity index (χ2v) is 4.53. The summed E-state index contributed by atoms with van der Waals surface area (Å²) in [6, 6.07) is 3.12. The number of rotatable bonds is 6. The van der Waals surface area contributed by atoms with Crippen molar-refractivity contribution in [3.63, 3.8) is 0 Å². The van der Waals surface area contributed by atoms with Gasteiger partial charge in [-0.3, -0.25) is 10.1 Å². The Kier molecular flexibility index (Phi) is 3.61. The van der Waals surface area contributed by atoms with Gasteiger partial charge in [-0.25, -0.2) is 10.8 Å². The van der Waals surface area contributed by atoms with Crippen molar-refractivity contribution < 1.29 is 4.92 Å². The van der Waals surface area contributed by atoms with Gasteiger partial charge in [0.25, 0.3) is 5.69 Å². The van der Waals surface area contributed by atoms with Gasteiger partial charge < -0.3 is 10.7 Å². The zero-order chi connectivity index (χ0) is 13.1. The molecule has 7 heteroatoms. The van der Waals surface area contributed by atoms with E-state index >= 15 is 0 Å². The van der Waals surface area contributed by atoms with Crippen LogP contribution in [0.5, 0.6) is 0 Å². The van der Waals surface area contributed by atoms with Crippen LogP contribution in [0, 0.1) is 16.0 Å². The van der Waals surface area contributed by atoms with E-state index < -0.39 is 4.92 Å². The third-order valence-corrected chi connectivity index (χ3v) is 3.08. The predicted octanol–water partition coefficient (Wildman–Crippen LogP) is 1.88. The summed E-state index contributed by atoms with van der Waals surface area (Å²) < 4.78 is 0. The third kappa shape index (κ3) is 2.86. The summed E-state index contributed by atoms with van der Waals surface area (Å²) >= 11 is 0. The summed E-state index contributed by atoms with van der Waals surface area (Å²) in [6.45, 7) is 2.15. The molecule has 1 saturated carbocycles. The lowest BCUT2D eigenvalue weighted by Gasteiger charge is -2.07.